The van der Waals surface area contributed by atoms with E-state index < -0.39 is 0 Å². The molecule has 2 aromatic rings. The van der Waals surface area contributed by atoms with Crippen molar-refractivity contribution in [3.63, 3.8) is 0 Å². The van der Waals surface area contributed by atoms with Crippen LogP contribution >= 0.6 is 0 Å². The van der Waals surface area contributed by atoms with E-state index in [0.717, 1.165) is 32.8 Å². The van der Waals surface area contributed by atoms with Crippen LogP contribution in [-0.4, -0.2) is 56.1 Å². The minimum atomic E-state index is -0.208. The smallest absolute Gasteiger partial charge is 0.251 e. The highest BCUT2D eigenvalue weighted by atomic mass is 16.5. The first-order valence-corrected chi connectivity index (χ1v) is 8.71. The van der Waals surface area contributed by atoms with Gasteiger partial charge in [-0.05, 0) is 36.4 Å². The topological polar surface area (TPSA) is 83.8 Å². The molecule has 0 atom stereocenters. The van der Waals surface area contributed by atoms with Gasteiger partial charge in [-0.3, -0.25) is 14.5 Å². The van der Waals surface area contributed by atoms with Gasteiger partial charge < -0.3 is 19.8 Å². The number of furan rings is 1. The van der Waals surface area contributed by atoms with Gasteiger partial charge in [0.05, 0.1) is 26.0 Å². The Morgan fingerprint density at radius 2 is 1.62 bits per heavy atom. The lowest BCUT2D eigenvalue weighted by atomic mass is 10.1. The van der Waals surface area contributed by atoms with Gasteiger partial charge in [0.1, 0.15) is 5.76 Å². The Labute approximate surface area is 152 Å². The highest BCUT2D eigenvalue weighted by molar-refractivity contribution is 5.97. The summed E-state index contributed by atoms with van der Waals surface area (Å²) in [5, 5.41) is 5.68. The molecule has 0 bridgehead atoms. The molecular weight excluding hydrogens is 334 g/mol. The molecule has 0 unspecified atom stereocenters. The van der Waals surface area contributed by atoms with Crippen LogP contribution in [0.3, 0.4) is 0 Å². The SMILES string of the molecule is O=C(NCCN1CCOCC1)c1ccc(C(=O)NCc2ccco2)cc1. The number of nitrogens with zero attached hydrogens (tertiary/aromatic N) is 1. The van der Waals surface area contributed by atoms with E-state index in [9.17, 15) is 9.59 Å². The number of hydrogen-bond acceptors (Lipinski definition) is 5. The molecule has 1 aromatic carbocycles. The van der Waals surface area contributed by atoms with Gasteiger partial charge in [-0.25, -0.2) is 0 Å². The van der Waals surface area contributed by atoms with E-state index >= 15 is 0 Å². The normalized spacial score (nSPS) is 14.8. The summed E-state index contributed by atoms with van der Waals surface area (Å²) in [7, 11) is 0. The maximum Gasteiger partial charge on any atom is 0.251 e. The average molecular weight is 357 g/mol. The molecule has 0 aliphatic carbocycles. The maximum atomic E-state index is 12.2. The predicted octanol–water partition coefficient (Wildman–Crippen LogP) is 1.27. The number of amides is 2. The van der Waals surface area contributed by atoms with E-state index in [1.54, 1.807) is 42.7 Å². The fourth-order valence-electron chi connectivity index (χ4n) is 2.71. The molecule has 26 heavy (non-hydrogen) atoms. The van der Waals surface area contributed by atoms with Crippen molar-refractivity contribution < 1.29 is 18.7 Å². The first-order chi connectivity index (χ1) is 12.7. The first kappa shape index (κ1) is 18.2. The Bertz CT molecular complexity index is 707. The molecule has 1 aromatic heterocycles. The highest BCUT2D eigenvalue weighted by Crippen LogP contribution is 2.06. The Morgan fingerprint density at radius 1 is 0.962 bits per heavy atom. The van der Waals surface area contributed by atoms with Crippen molar-refractivity contribution >= 4 is 11.8 Å². The van der Waals surface area contributed by atoms with Crippen molar-refractivity contribution in [2.75, 3.05) is 39.4 Å². The predicted molar refractivity (Wildman–Crippen MR) is 95.9 cm³/mol. The van der Waals surface area contributed by atoms with Crippen LogP contribution in [0.15, 0.2) is 47.1 Å². The van der Waals surface area contributed by atoms with E-state index in [1.165, 1.54) is 0 Å². The van der Waals surface area contributed by atoms with Crippen molar-refractivity contribution in [1.82, 2.24) is 15.5 Å². The number of carbonyl (C=O) groups is 2. The molecular formula is C19H23N3O4. The lowest BCUT2D eigenvalue weighted by Gasteiger charge is -2.26. The standard InChI is InChI=1S/C19H23N3O4/c23-18(20-7-8-22-9-12-25-13-10-22)15-3-5-16(6-4-15)19(24)21-14-17-2-1-11-26-17/h1-6,11H,7-10,12-14H2,(H,20,23)(H,21,24). The molecule has 7 heteroatoms. The molecule has 0 spiro atoms. The van der Waals surface area contributed by atoms with E-state index in [1.807, 2.05) is 0 Å². The number of nitrogens with one attached hydrogen (secondary N) is 2. The molecule has 2 heterocycles. The van der Waals surface area contributed by atoms with Gasteiger partial charge in [0, 0.05) is 37.3 Å². The molecule has 1 aliphatic rings. The van der Waals surface area contributed by atoms with E-state index in [4.69, 9.17) is 9.15 Å². The number of carbonyl (C=O) groups excluding carboxylic acids is 2. The van der Waals surface area contributed by atoms with Crippen molar-refractivity contribution in [3.8, 4) is 0 Å². The average Bonchev–Trinajstić information content (AvgIpc) is 3.20. The molecule has 1 saturated heterocycles. The summed E-state index contributed by atoms with van der Waals surface area (Å²) in [6.07, 6.45) is 1.56. The van der Waals surface area contributed by atoms with Crippen molar-refractivity contribution in [1.29, 1.82) is 0 Å². The molecule has 0 radical (unpaired) electrons. The second-order valence-corrected chi connectivity index (χ2v) is 6.05. The fourth-order valence-corrected chi connectivity index (χ4v) is 2.71. The third kappa shape index (κ3) is 5.18. The van der Waals surface area contributed by atoms with E-state index in [0.29, 0.717) is 30.0 Å². The van der Waals surface area contributed by atoms with Crippen LogP contribution in [0.2, 0.25) is 0 Å². The van der Waals surface area contributed by atoms with Crippen LogP contribution in [0.4, 0.5) is 0 Å². The van der Waals surface area contributed by atoms with Crippen LogP contribution < -0.4 is 10.6 Å². The van der Waals surface area contributed by atoms with Gasteiger partial charge in [0.2, 0.25) is 0 Å². The summed E-state index contributed by atoms with van der Waals surface area (Å²) in [6.45, 7) is 5.02. The molecule has 1 fully saturated rings. The molecule has 2 N–H and O–H groups in total. The summed E-state index contributed by atoms with van der Waals surface area (Å²) in [5.41, 5.74) is 1.04. The Hall–Kier alpha value is -2.64. The Morgan fingerprint density at radius 3 is 2.23 bits per heavy atom. The molecule has 3 rings (SSSR count). The molecule has 0 saturated carbocycles. The van der Waals surface area contributed by atoms with Gasteiger partial charge in [-0.15, -0.1) is 0 Å². The fraction of sp³-hybridized carbons (Fsp3) is 0.368. The Kier molecular flexibility index (Phi) is 6.40. The third-order valence-electron chi connectivity index (χ3n) is 4.23. The van der Waals surface area contributed by atoms with Gasteiger partial charge in [-0.1, -0.05) is 0 Å². The number of benzene rings is 1. The number of morpholine rings is 1. The monoisotopic (exact) mass is 357 g/mol. The van der Waals surface area contributed by atoms with Crippen LogP contribution in [-0.2, 0) is 11.3 Å². The number of hydrogen-bond donors (Lipinski definition) is 2. The lowest BCUT2D eigenvalue weighted by Crippen LogP contribution is -2.41. The third-order valence-corrected chi connectivity index (χ3v) is 4.23. The summed E-state index contributed by atoms with van der Waals surface area (Å²) in [5.74, 6) is 0.344. The zero-order valence-corrected chi connectivity index (χ0v) is 14.6. The van der Waals surface area contributed by atoms with E-state index in [2.05, 4.69) is 15.5 Å². The zero-order chi connectivity index (χ0) is 18.2. The highest BCUT2D eigenvalue weighted by Gasteiger charge is 2.12. The minimum absolute atomic E-state index is 0.138. The van der Waals surface area contributed by atoms with Crippen molar-refractivity contribution in [3.05, 3.63) is 59.5 Å². The van der Waals surface area contributed by atoms with Crippen LogP contribution in [0, 0.1) is 0 Å². The van der Waals surface area contributed by atoms with Gasteiger partial charge in [0.15, 0.2) is 0 Å². The zero-order valence-electron chi connectivity index (χ0n) is 14.6. The summed E-state index contributed by atoms with van der Waals surface area (Å²) >= 11 is 0. The summed E-state index contributed by atoms with van der Waals surface area (Å²) in [6, 6.07) is 10.2. The summed E-state index contributed by atoms with van der Waals surface area (Å²) in [4.78, 5) is 26.5. The maximum absolute atomic E-state index is 12.2. The molecule has 138 valence electrons. The van der Waals surface area contributed by atoms with Crippen molar-refractivity contribution in [2.24, 2.45) is 0 Å². The van der Waals surface area contributed by atoms with Gasteiger partial charge in [0.25, 0.3) is 11.8 Å². The van der Waals surface area contributed by atoms with Crippen LogP contribution in [0.25, 0.3) is 0 Å². The number of rotatable bonds is 7. The molecule has 1 aliphatic heterocycles. The van der Waals surface area contributed by atoms with Gasteiger partial charge >= 0.3 is 0 Å². The van der Waals surface area contributed by atoms with Gasteiger partial charge in [-0.2, -0.15) is 0 Å². The van der Waals surface area contributed by atoms with E-state index in [-0.39, 0.29) is 11.8 Å². The molecule has 7 nitrogen and oxygen atoms in total. The van der Waals surface area contributed by atoms with Crippen LogP contribution in [0.1, 0.15) is 26.5 Å². The quantitative estimate of drug-likeness (QED) is 0.780. The first-order valence-electron chi connectivity index (χ1n) is 8.71. The summed E-state index contributed by atoms with van der Waals surface area (Å²) < 4.78 is 10.5. The lowest BCUT2D eigenvalue weighted by molar-refractivity contribution is 0.0383. The number of ether oxygens (including phenoxy) is 1. The van der Waals surface area contributed by atoms with Crippen LogP contribution in [0.5, 0.6) is 0 Å². The van der Waals surface area contributed by atoms with Crippen molar-refractivity contribution in [2.45, 2.75) is 6.54 Å². The largest absolute Gasteiger partial charge is 0.467 e. The minimum Gasteiger partial charge on any atom is -0.467 e. The molecule has 2 amide bonds. The second-order valence-electron chi connectivity index (χ2n) is 6.05. The second kappa shape index (κ2) is 9.17. The Balaban J connectivity index is 1.43.